The predicted octanol–water partition coefficient (Wildman–Crippen LogP) is 3.32. The Bertz CT molecular complexity index is 1140. The monoisotopic (exact) mass is 404 g/mol. The van der Waals surface area contributed by atoms with Gasteiger partial charge in [-0.3, -0.25) is 13.9 Å². The molecule has 1 atom stereocenters. The van der Waals surface area contributed by atoms with Gasteiger partial charge in [0, 0.05) is 25.8 Å². The van der Waals surface area contributed by atoms with Crippen molar-refractivity contribution in [1.82, 2.24) is 19.0 Å². The second kappa shape index (κ2) is 7.74. The average molecular weight is 405 g/mol. The zero-order chi connectivity index (χ0) is 20.7. The molecule has 6 heteroatoms. The summed E-state index contributed by atoms with van der Waals surface area (Å²) in [5.74, 6) is 0.744. The molecule has 1 aliphatic heterocycles. The highest BCUT2D eigenvalue weighted by molar-refractivity contribution is 5.79. The Morgan fingerprint density at radius 1 is 1.17 bits per heavy atom. The van der Waals surface area contributed by atoms with Gasteiger partial charge >= 0.3 is 5.69 Å². The standard InChI is InChI=1S/C24H28N4O2/c1-17-5-2-6-19(13-17)14-22(29)26-12-4-7-20(16-26)28-23-21(8-3-11-25-23)27(24(28)30)15-18-9-10-18/h2-3,5-6,8,11,13,18,20H,4,7,9-10,12,14-16H2,1H3/t20-/m0/s1. The van der Waals surface area contributed by atoms with E-state index < -0.39 is 0 Å². The van der Waals surface area contributed by atoms with Gasteiger partial charge in [0.25, 0.3) is 0 Å². The van der Waals surface area contributed by atoms with Crippen molar-refractivity contribution in [3.8, 4) is 0 Å². The summed E-state index contributed by atoms with van der Waals surface area (Å²) in [6, 6.07) is 12.0. The summed E-state index contributed by atoms with van der Waals surface area (Å²) in [5.41, 5.74) is 3.90. The fourth-order valence-corrected chi connectivity index (χ4v) is 4.67. The summed E-state index contributed by atoms with van der Waals surface area (Å²) in [5, 5.41) is 0. The van der Waals surface area contributed by atoms with Gasteiger partial charge in [-0.15, -0.1) is 0 Å². The summed E-state index contributed by atoms with van der Waals surface area (Å²) in [6.45, 7) is 4.15. The predicted molar refractivity (Wildman–Crippen MR) is 116 cm³/mol. The van der Waals surface area contributed by atoms with Gasteiger partial charge in [-0.05, 0) is 56.2 Å². The van der Waals surface area contributed by atoms with E-state index in [0.29, 0.717) is 18.9 Å². The number of pyridine rings is 1. The lowest BCUT2D eigenvalue weighted by molar-refractivity contribution is -0.132. The summed E-state index contributed by atoms with van der Waals surface area (Å²) < 4.78 is 3.75. The van der Waals surface area contributed by atoms with E-state index in [2.05, 4.69) is 11.1 Å². The summed E-state index contributed by atoms with van der Waals surface area (Å²) in [4.78, 5) is 32.8. The molecule has 0 unspecified atom stereocenters. The molecule has 30 heavy (non-hydrogen) atoms. The third-order valence-corrected chi connectivity index (χ3v) is 6.41. The first kappa shape index (κ1) is 19.1. The first-order valence-corrected chi connectivity index (χ1v) is 11.0. The lowest BCUT2D eigenvalue weighted by Gasteiger charge is -2.33. The number of fused-ring (bicyclic) bond motifs is 1. The molecule has 1 aromatic carbocycles. The molecule has 0 radical (unpaired) electrons. The van der Waals surface area contributed by atoms with Crippen LogP contribution in [0.4, 0.5) is 0 Å². The molecule has 6 nitrogen and oxygen atoms in total. The number of hydrogen-bond donors (Lipinski definition) is 0. The zero-order valence-corrected chi connectivity index (χ0v) is 17.5. The second-order valence-corrected chi connectivity index (χ2v) is 8.85. The number of likely N-dealkylation sites (tertiary alicyclic amines) is 1. The number of carbonyl (C=O) groups is 1. The summed E-state index contributed by atoms with van der Waals surface area (Å²) >= 11 is 0. The van der Waals surface area contributed by atoms with Crippen LogP contribution < -0.4 is 5.69 Å². The van der Waals surface area contributed by atoms with Crippen molar-refractivity contribution >= 4 is 17.1 Å². The van der Waals surface area contributed by atoms with Gasteiger partial charge in [-0.2, -0.15) is 0 Å². The van der Waals surface area contributed by atoms with Gasteiger partial charge in [-0.1, -0.05) is 29.8 Å². The first-order valence-electron chi connectivity index (χ1n) is 11.0. The molecule has 2 aliphatic rings. The Labute approximate surface area is 176 Å². The molecule has 5 rings (SSSR count). The number of carbonyl (C=O) groups excluding carboxylic acids is 1. The minimum Gasteiger partial charge on any atom is -0.340 e. The molecule has 1 amide bonds. The fraction of sp³-hybridized carbons (Fsp3) is 0.458. The molecule has 2 aromatic heterocycles. The number of imidazole rings is 1. The van der Waals surface area contributed by atoms with Gasteiger partial charge in [0.05, 0.1) is 18.0 Å². The van der Waals surface area contributed by atoms with E-state index in [4.69, 9.17) is 0 Å². The highest BCUT2D eigenvalue weighted by Gasteiger charge is 2.30. The molecule has 1 saturated heterocycles. The Hall–Kier alpha value is -2.89. The number of piperidine rings is 1. The molecule has 0 bridgehead atoms. The van der Waals surface area contributed by atoms with E-state index in [0.717, 1.165) is 48.2 Å². The Kier molecular flexibility index (Phi) is 4.93. The van der Waals surface area contributed by atoms with Gasteiger partial charge in [0.1, 0.15) is 0 Å². The lowest BCUT2D eigenvalue weighted by Crippen LogP contribution is -2.43. The number of nitrogens with zero attached hydrogens (tertiary/aromatic N) is 4. The van der Waals surface area contributed by atoms with Crippen molar-refractivity contribution in [2.45, 2.75) is 51.6 Å². The van der Waals surface area contributed by atoms with Crippen LogP contribution in [0.25, 0.3) is 11.2 Å². The number of hydrogen-bond acceptors (Lipinski definition) is 3. The van der Waals surface area contributed by atoms with Gasteiger partial charge in [-0.25, -0.2) is 9.78 Å². The van der Waals surface area contributed by atoms with Gasteiger partial charge in [0.15, 0.2) is 5.65 Å². The van der Waals surface area contributed by atoms with Crippen molar-refractivity contribution in [2.75, 3.05) is 13.1 Å². The Morgan fingerprint density at radius 3 is 2.83 bits per heavy atom. The van der Waals surface area contributed by atoms with Crippen LogP contribution in [0.3, 0.4) is 0 Å². The van der Waals surface area contributed by atoms with Crippen LogP contribution in [0.1, 0.15) is 42.9 Å². The van der Waals surface area contributed by atoms with Crippen LogP contribution >= 0.6 is 0 Å². The van der Waals surface area contributed by atoms with Crippen LogP contribution in [-0.4, -0.2) is 38.0 Å². The lowest BCUT2D eigenvalue weighted by atomic mass is 10.0. The number of aryl methyl sites for hydroxylation is 1. The maximum Gasteiger partial charge on any atom is 0.330 e. The average Bonchev–Trinajstić information content (AvgIpc) is 3.52. The van der Waals surface area contributed by atoms with Crippen LogP contribution in [0.15, 0.2) is 47.4 Å². The third kappa shape index (κ3) is 3.66. The minimum absolute atomic E-state index is 0.0218. The molecule has 3 heterocycles. The number of aromatic nitrogens is 3. The number of amides is 1. The fourth-order valence-electron chi connectivity index (χ4n) is 4.67. The maximum atomic E-state index is 13.3. The van der Waals surface area contributed by atoms with E-state index >= 15 is 0 Å². The first-order chi connectivity index (χ1) is 14.6. The second-order valence-electron chi connectivity index (χ2n) is 8.85. The van der Waals surface area contributed by atoms with Crippen molar-refractivity contribution < 1.29 is 4.79 Å². The normalized spacial score (nSPS) is 19.4. The number of rotatable bonds is 5. The van der Waals surface area contributed by atoms with E-state index in [1.165, 1.54) is 12.8 Å². The highest BCUT2D eigenvalue weighted by Crippen LogP contribution is 2.32. The van der Waals surface area contributed by atoms with Gasteiger partial charge in [0.2, 0.25) is 5.91 Å². The van der Waals surface area contributed by atoms with E-state index in [9.17, 15) is 9.59 Å². The quantitative estimate of drug-likeness (QED) is 0.655. The summed E-state index contributed by atoms with van der Waals surface area (Å²) in [6.07, 6.45) is 6.36. The van der Waals surface area contributed by atoms with E-state index in [-0.39, 0.29) is 17.6 Å². The maximum absolute atomic E-state index is 13.3. The molecule has 0 N–H and O–H groups in total. The zero-order valence-electron chi connectivity index (χ0n) is 17.5. The third-order valence-electron chi connectivity index (χ3n) is 6.41. The van der Waals surface area contributed by atoms with Crippen LogP contribution in [0.2, 0.25) is 0 Å². The number of benzene rings is 1. The van der Waals surface area contributed by atoms with E-state index in [1.807, 2.05) is 51.3 Å². The largest absolute Gasteiger partial charge is 0.340 e. The summed E-state index contributed by atoms with van der Waals surface area (Å²) in [7, 11) is 0. The van der Waals surface area contributed by atoms with Crippen LogP contribution in [-0.2, 0) is 17.8 Å². The SMILES string of the molecule is Cc1cccc(CC(=O)N2CCC[C@H](n3c(=O)n(CC4CC4)c4cccnc43)C2)c1. The Balaban J connectivity index is 1.41. The molecule has 1 aliphatic carbocycles. The van der Waals surface area contributed by atoms with E-state index in [1.54, 1.807) is 6.20 Å². The highest BCUT2D eigenvalue weighted by atomic mass is 16.2. The molecule has 3 aromatic rings. The van der Waals surface area contributed by atoms with Crippen molar-refractivity contribution in [2.24, 2.45) is 5.92 Å². The molecule has 1 saturated carbocycles. The van der Waals surface area contributed by atoms with Crippen molar-refractivity contribution in [3.63, 3.8) is 0 Å². The van der Waals surface area contributed by atoms with Crippen molar-refractivity contribution in [1.29, 1.82) is 0 Å². The van der Waals surface area contributed by atoms with Crippen LogP contribution in [0.5, 0.6) is 0 Å². The van der Waals surface area contributed by atoms with Gasteiger partial charge < -0.3 is 4.90 Å². The molecular formula is C24H28N4O2. The van der Waals surface area contributed by atoms with Crippen LogP contribution in [0, 0.1) is 12.8 Å². The Morgan fingerprint density at radius 2 is 2.03 bits per heavy atom. The molecular weight excluding hydrogens is 376 g/mol. The van der Waals surface area contributed by atoms with Crippen molar-refractivity contribution in [3.05, 3.63) is 64.2 Å². The topological polar surface area (TPSA) is 60.1 Å². The molecule has 2 fully saturated rings. The smallest absolute Gasteiger partial charge is 0.330 e. The molecule has 0 spiro atoms. The minimum atomic E-state index is -0.0226. The molecule has 156 valence electrons.